The van der Waals surface area contributed by atoms with E-state index >= 15 is 0 Å². The summed E-state index contributed by atoms with van der Waals surface area (Å²) in [7, 11) is -1.81. The molecule has 0 heterocycles. The lowest BCUT2D eigenvalue weighted by molar-refractivity contribution is 1.13. The Morgan fingerprint density at radius 2 is 0.929 bits per heavy atom. The van der Waals surface area contributed by atoms with E-state index in [1.807, 2.05) is 0 Å². The van der Waals surface area contributed by atoms with E-state index < -0.39 is 7.26 Å². The second-order valence-electron chi connectivity index (χ2n) is 7.15. The molecule has 0 aliphatic heterocycles. The lowest BCUT2D eigenvalue weighted by atomic mass is 10.1. The Balaban J connectivity index is 1.98. The lowest BCUT2D eigenvalue weighted by Gasteiger charge is -2.28. The van der Waals surface area contributed by atoms with Gasteiger partial charge >= 0.3 is 0 Å². The molecule has 0 aliphatic carbocycles. The summed E-state index contributed by atoms with van der Waals surface area (Å²) in [4.78, 5) is 0. The van der Waals surface area contributed by atoms with Crippen LogP contribution in [-0.2, 0) is 12.6 Å². The van der Waals surface area contributed by atoms with Gasteiger partial charge in [-0.2, -0.15) is 0 Å². The molecule has 138 valence electrons. The van der Waals surface area contributed by atoms with Crippen LogP contribution in [-0.4, -0.2) is 0 Å². The monoisotopic (exact) mass is 381 g/mol. The fourth-order valence-electron chi connectivity index (χ4n) is 3.99. The summed E-state index contributed by atoms with van der Waals surface area (Å²) in [6.45, 7) is 2.23. The zero-order valence-electron chi connectivity index (χ0n) is 16.3. The molecule has 0 unspecified atom stereocenters. The molecule has 4 aromatic rings. The third-order valence-electron chi connectivity index (χ3n) is 5.41. The molecule has 0 atom stereocenters. The maximum Gasteiger partial charge on any atom is 0.116 e. The Morgan fingerprint density at radius 1 is 0.500 bits per heavy atom. The fourth-order valence-corrected chi connectivity index (χ4v) is 8.22. The van der Waals surface area contributed by atoms with Crippen LogP contribution in [0.4, 0.5) is 0 Å². The van der Waals surface area contributed by atoms with E-state index in [0.717, 1.165) is 12.6 Å². The topological polar surface area (TPSA) is 0 Å². The third kappa shape index (κ3) is 3.66. The van der Waals surface area contributed by atoms with Gasteiger partial charge < -0.3 is 0 Å². The van der Waals surface area contributed by atoms with E-state index in [-0.39, 0.29) is 0 Å². The van der Waals surface area contributed by atoms with Crippen LogP contribution >= 0.6 is 7.26 Å². The molecule has 4 aromatic carbocycles. The Morgan fingerprint density at radius 3 is 1.36 bits per heavy atom. The minimum Gasteiger partial charge on any atom is -0.0620 e. The quantitative estimate of drug-likeness (QED) is 0.374. The van der Waals surface area contributed by atoms with E-state index in [1.54, 1.807) is 0 Å². The maximum atomic E-state index is 2.39. The third-order valence-corrected chi connectivity index (χ3v) is 9.79. The average Bonchev–Trinajstić information content (AvgIpc) is 2.79. The summed E-state index contributed by atoms with van der Waals surface area (Å²) in [5.41, 5.74) is 2.83. The highest BCUT2D eigenvalue weighted by atomic mass is 31.2. The van der Waals surface area contributed by atoms with Crippen molar-refractivity contribution in [3.63, 3.8) is 0 Å². The van der Waals surface area contributed by atoms with E-state index in [1.165, 1.54) is 27.0 Å². The van der Waals surface area contributed by atoms with Gasteiger partial charge in [-0.15, -0.1) is 0 Å². The van der Waals surface area contributed by atoms with Crippen LogP contribution in [0.15, 0.2) is 115 Å². The zero-order chi connectivity index (χ0) is 19.2. The SMILES string of the molecule is CCc1cccc(C[P+](c2ccccc2)(c2ccccc2)c2ccccc2)c1. The van der Waals surface area contributed by atoms with Crippen molar-refractivity contribution in [2.75, 3.05) is 0 Å². The number of benzene rings is 4. The van der Waals surface area contributed by atoms with Crippen LogP contribution in [0.3, 0.4) is 0 Å². The normalized spacial score (nSPS) is 11.3. The molecular formula is C27H26P+. The molecule has 0 nitrogen and oxygen atoms in total. The second kappa shape index (κ2) is 8.55. The molecule has 0 aromatic heterocycles. The smallest absolute Gasteiger partial charge is 0.0620 e. The summed E-state index contributed by atoms with van der Waals surface area (Å²) in [5, 5.41) is 4.32. The van der Waals surface area contributed by atoms with Crippen LogP contribution < -0.4 is 15.9 Å². The van der Waals surface area contributed by atoms with Crippen LogP contribution in [0.1, 0.15) is 18.1 Å². The summed E-state index contributed by atoms with van der Waals surface area (Å²) >= 11 is 0. The van der Waals surface area contributed by atoms with Crippen molar-refractivity contribution in [2.45, 2.75) is 19.5 Å². The molecule has 0 radical (unpaired) electrons. The Kier molecular flexibility index (Phi) is 5.70. The van der Waals surface area contributed by atoms with Crippen LogP contribution in [0.5, 0.6) is 0 Å². The Hall–Kier alpha value is -2.69. The molecule has 0 saturated heterocycles. The van der Waals surface area contributed by atoms with Crippen molar-refractivity contribution >= 4 is 23.2 Å². The van der Waals surface area contributed by atoms with Gasteiger partial charge in [0.15, 0.2) is 0 Å². The van der Waals surface area contributed by atoms with E-state index in [0.29, 0.717) is 0 Å². The van der Waals surface area contributed by atoms with Crippen LogP contribution in [0, 0.1) is 0 Å². The largest absolute Gasteiger partial charge is 0.116 e. The van der Waals surface area contributed by atoms with Gasteiger partial charge in [-0.1, -0.05) is 85.8 Å². The number of aryl methyl sites for hydroxylation is 1. The van der Waals surface area contributed by atoms with Gasteiger partial charge in [-0.05, 0) is 53.9 Å². The molecule has 1 heteroatoms. The first-order valence-electron chi connectivity index (χ1n) is 9.95. The van der Waals surface area contributed by atoms with Crippen molar-refractivity contribution in [1.82, 2.24) is 0 Å². The summed E-state index contributed by atoms with van der Waals surface area (Å²) in [5.74, 6) is 0. The van der Waals surface area contributed by atoms with Gasteiger partial charge in [0.25, 0.3) is 0 Å². The molecule has 28 heavy (non-hydrogen) atoms. The minimum atomic E-state index is -1.81. The highest BCUT2D eigenvalue weighted by molar-refractivity contribution is 7.95. The van der Waals surface area contributed by atoms with Crippen molar-refractivity contribution in [1.29, 1.82) is 0 Å². The summed E-state index contributed by atoms with van der Waals surface area (Å²) in [6.07, 6.45) is 2.11. The first-order valence-corrected chi connectivity index (χ1v) is 11.9. The van der Waals surface area contributed by atoms with Gasteiger partial charge in [-0.3, -0.25) is 0 Å². The van der Waals surface area contributed by atoms with E-state index in [9.17, 15) is 0 Å². The molecule has 4 rings (SSSR count). The average molecular weight is 381 g/mol. The molecule has 0 spiro atoms. The first-order chi connectivity index (χ1) is 13.8. The predicted molar refractivity (Wildman–Crippen MR) is 125 cm³/mol. The number of hydrogen-bond acceptors (Lipinski definition) is 0. The maximum absolute atomic E-state index is 2.39. The lowest BCUT2D eigenvalue weighted by Crippen LogP contribution is -2.32. The predicted octanol–water partition coefficient (Wildman–Crippen LogP) is 5.74. The molecule has 0 N–H and O–H groups in total. The van der Waals surface area contributed by atoms with Crippen molar-refractivity contribution in [3.05, 3.63) is 126 Å². The minimum absolute atomic E-state index is 1.04. The Labute approximate surface area is 169 Å². The molecule has 0 aliphatic rings. The summed E-state index contributed by atoms with van der Waals surface area (Å²) in [6, 6.07) is 42.5. The highest BCUT2D eigenvalue weighted by Gasteiger charge is 2.45. The molecule has 0 amide bonds. The first kappa shape index (κ1) is 18.7. The van der Waals surface area contributed by atoms with Gasteiger partial charge in [-0.25, -0.2) is 0 Å². The molecule has 0 saturated carbocycles. The number of rotatable bonds is 6. The molecule has 0 bridgehead atoms. The second-order valence-corrected chi connectivity index (χ2v) is 10.6. The van der Waals surface area contributed by atoms with Gasteiger partial charge in [0.05, 0.1) is 6.16 Å². The van der Waals surface area contributed by atoms with Crippen molar-refractivity contribution in [2.24, 2.45) is 0 Å². The van der Waals surface area contributed by atoms with Gasteiger partial charge in [0, 0.05) is 0 Å². The van der Waals surface area contributed by atoms with Crippen molar-refractivity contribution in [3.8, 4) is 0 Å². The molecular weight excluding hydrogens is 355 g/mol. The van der Waals surface area contributed by atoms with E-state index in [2.05, 4.69) is 122 Å². The number of hydrogen-bond donors (Lipinski definition) is 0. The van der Waals surface area contributed by atoms with Crippen molar-refractivity contribution < 1.29 is 0 Å². The van der Waals surface area contributed by atoms with E-state index in [4.69, 9.17) is 0 Å². The zero-order valence-corrected chi connectivity index (χ0v) is 17.2. The molecule has 0 fully saturated rings. The fraction of sp³-hybridized carbons (Fsp3) is 0.111. The standard InChI is InChI=1S/C27H26P/c1-2-23-13-12-14-24(21-23)22-28(25-15-6-3-7-16-25,26-17-8-4-9-18-26)27-19-10-5-11-20-27/h3-21H,2,22H2,1H3/q+1. The van der Waals surface area contributed by atoms with Gasteiger partial charge in [0.2, 0.25) is 0 Å². The van der Waals surface area contributed by atoms with Crippen LogP contribution in [0.2, 0.25) is 0 Å². The Bertz CT molecular complexity index is 911. The van der Waals surface area contributed by atoms with Gasteiger partial charge in [0.1, 0.15) is 23.2 Å². The summed E-state index contributed by atoms with van der Waals surface area (Å²) < 4.78 is 0. The highest BCUT2D eigenvalue weighted by Crippen LogP contribution is 2.58. The van der Waals surface area contributed by atoms with Crippen LogP contribution in [0.25, 0.3) is 0 Å².